The normalized spacial score (nSPS) is 11.2. The molecule has 0 saturated heterocycles. The lowest BCUT2D eigenvalue weighted by atomic mass is 9.97. The lowest BCUT2D eigenvalue weighted by Gasteiger charge is -2.26. The van der Waals surface area contributed by atoms with Crippen LogP contribution in [-0.2, 0) is 0 Å². The highest BCUT2D eigenvalue weighted by atomic mass is 16.3. The van der Waals surface area contributed by atoms with Gasteiger partial charge in [-0.25, -0.2) is 4.98 Å². The molecule has 0 unspecified atom stereocenters. The van der Waals surface area contributed by atoms with Crippen LogP contribution in [0.3, 0.4) is 0 Å². The number of para-hydroxylation sites is 1. The number of aromatic nitrogens is 1. The highest BCUT2D eigenvalue weighted by Crippen LogP contribution is 2.39. The first kappa shape index (κ1) is 29.4. The molecule has 0 saturated carbocycles. The van der Waals surface area contributed by atoms with Gasteiger partial charge in [0.25, 0.3) is 0 Å². The maximum Gasteiger partial charge on any atom is 0.227 e. The van der Waals surface area contributed by atoms with Crippen LogP contribution < -0.4 is 4.90 Å². The fraction of sp³-hybridized carbons (Fsp3) is 0. The van der Waals surface area contributed by atoms with Gasteiger partial charge < -0.3 is 9.32 Å². The van der Waals surface area contributed by atoms with Crippen molar-refractivity contribution in [3.8, 4) is 44.5 Å². The van der Waals surface area contributed by atoms with Crippen LogP contribution >= 0.6 is 0 Å². The average molecular weight is 641 g/mol. The van der Waals surface area contributed by atoms with E-state index in [0.29, 0.717) is 5.71 Å². The van der Waals surface area contributed by atoms with Crippen molar-refractivity contribution in [2.45, 2.75) is 0 Å². The molecular formula is C47H32N2O. The Kier molecular flexibility index (Phi) is 7.49. The van der Waals surface area contributed by atoms with Gasteiger partial charge in [0.15, 0.2) is 0 Å². The summed E-state index contributed by atoms with van der Waals surface area (Å²) in [6.07, 6.45) is 1.77. The first-order valence-electron chi connectivity index (χ1n) is 16.9. The van der Waals surface area contributed by atoms with Crippen LogP contribution in [0.2, 0.25) is 0 Å². The van der Waals surface area contributed by atoms with Crippen molar-refractivity contribution in [3.63, 3.8) is 0 Å². The number of fused-ring (bicyclic) bond motifs is 3. The molecule has 50 heavy (non-hydrogen) atoms. The number of pyridine rings is 1. The summed E-state index contributed by atoms with van der Waals surface area (Å²) in [6.45, 7) is 0. The Hall–Kier alpha value is -6.71. The van der Waals surface area contributed by atoms with E-state index >= 15 is 0 Å². The van der Waals surface area contributed by atoms with Crippen molar-refractivity contribution >= 4 is 39.1 Å². The van der Waals surface area contributed by atoms with Crippen molar-refractivity contribution in [2.24, 2.45) is 0 Å². The second-order valence-electron chi connectivity index (χ2n) is 12.4. The van der Waals surface area contributed by atoms with Crippen molar-refractivity contribution in [1.82, 2.24) is 4.98 Å². The van der Waals surface area contributed by atoms with E-state index in [2.05, 4.69) is 192 Å². The van der Waals surface area contributed by atoms with Crippen LogP contribution in [-0.4, -0.2) is 4.98 Å². The third kappa shape index (κ3) is 5.51. The number of rotatable bonds is 7. The fourth-order valence-corrected chi connectivity index (χ4v) is 6.84. The quantitative estimate of drug-likeness (QED) is 0.174. The molecule has 3 nitrogen and oxygen atoms in total. The first-order chi connectivity index (χ1) is 24.8. The number of furan rings is 1. The molecule has 7 aromatic carbocycles. The average Bonchev–Trinajstić information content (AvgIpc) is 3.59. The van der Waals surface area contributed by atoms with E-state index in [0.717, 1.165) is 55.7 Å². The third-order valence-electron chi connectivity index (χ3n) is 9.37. The second kappa shape index (κ2) is 12.7. The minimum Gasteiger partial charge on any atom is -0.437 e. The maximum absolute atomic E-state index is 6.26. The molecule has 0 bridgehead atoms. The molecule has 0 aliphatic rings. The van der Waals surface area contributed by atoms with Gasteiger partial charge in [-0.05, 0) is 93.5 Å². The Labute approximate surface area is 291 Å². The van der Waals surface area contributed by atoms with E-state index in [-0.39, 0.29) is 0 Å². The van der Waals surface area contributed by atoms with Gasteiger partial charge in [0.05, 0.1) is 0 Å². The predicted octanol–water partition coefficient (Wildman–Crippen LogP) is 13.1. The van der Waals surface area contributed by atoms with Crippen LogP contribution in [0, 0.1) is 0 Å². The monoisotopic (exact) mass is 640 g/mol. The van der Waals surface area contributed by atoms with Crippen molar-refractivity contribution < 1.29 is 4.42 Å². The van der Waals surface area contributed by atoms with Crippen molar-refractivity contribution in [2.75, 3.05) is 4.90 Å². The van der Waals surface area contributed by atoms with Crippen molar-refractivity contribution in [1.29, 1.82) is 0 Å². The number of hydrogen-bond acceptors (Lipinski definition) is 3. The summed E-state index contributed by atoms with van der Waals surface area (Å²) in [7, 11) is 0. The molecule has 9 aromatic rings. The highest BCUT2D eigenvalue weighted by Gasteiger charge is 2.15. The lowest BCUT2D eigenvalue weighted by Crippen LogP contribution is -2.09. The van der Waals surface area contributed by atoms with E-state index in [1.807, 2.05) is 6.07 Å². The molecule has 2 heterocycles. The number of hydrogen-bond donors (Lipinski definition) is 0. The summed E-state index contributed by atoms with van der Waals surface area (Å²) >= 11 is 0. The zero-order valence-electron chi connectivity index (χ0n) is 27.3. The maximum atomic E-state index is 6.26. The molecule has 0 N–H and O–H groups in total. The van der Waals surface area contributed by atoms with E-state index in [4.69, 9.17) is 4.42 Å². The molecule has 3 heteroatoms. The zero-order chi connectivity index (χ0) is 33.3. The molecule has 0 aliphatic heterocycles. The molecule has 0 atom stereocenters. The molecule has 0 fully saturated rings. The van der Waals surface area contributed by atoms with Crippen LogP contribution in [0.5, 0.6) is 0 Å². The summed E-state index contributed by atoms with van der Waals surface area (Å²) in [5.41, 5.74) is 14.1. The van der Waals surface area contributed by atoms with Gasteiger partial charge in [0.1, 0.15) is 5.58 Å². The summed E-state index contributed by atoms with van der Waals surface area (Å²) in [5.74, 6) is 0. The highest BCUT2D eigenvalue weighted by molar-refractivity contribution is 6.08. The second-order valence-corrected chi connectivity index (χ2v) is 12.4. The summed E-state index contributed by atoms with van der Waals surface area (Å²) in [5, 5.41) is 2.11. The Morgan fingerprint density at radius 1 is 0.360 bits per heavy atom. The molecule has 236 valence electrons. The van der Waals surface area contributed by atoms with E-state index < -0.39 is 0 Å². The molecule has 0 radical (unpaired) electrons. The van der Waals surface area contributed by atoms with Crippen LogP contribution in [0.1, 0.15) is 0 Å². The Morgan fingerprint density at radius 3 is 1.40 bits per heavy atom. The van der Waals surface area contributed by atoms with E-state index in [1.165, 1.54) is 22.3 Å². The molecule has 2 aromatic heterocycles. The van der Waals surface area contributed by atoms with Gasteiger partial charge in [0, 0.05) is 39.6 Å². The predicted molar refractivity (Wildman–Crippen MR) is 208 cm³/mol. The molecule has 9 rings (SSSR count). The smallest absolute Gasteiger partial charge is 0.227 e. The topological polar surface area (TPSA) is 29.3 Å². The zero-order valence-corrected chi connectivity index (χ0v) is 27.3. The Bertz CT molecular complexity index is 2470. The lowest BCUT2D eigenvalue weighted by molar-refractivity contribution is 0.655. The van der Waals surface area contributed by atoms with Gasteiger partial charge in [-0.3, -0.25) is 0 Å². The van der Waals surface area contributed by atoms with Crippen LogP contribution in [0.25, 0.3) is 66.6 Å². The molecule has 0 spiro atoms. The van der Waals surface area contributed by atoms with Crippen LogP contribution in [0.15, 0.2) is 199 Å². The number of anilines is 3. The summed E-state index contributed by atoms with van der Waals surface area (Å²) in [4.78, 5) is 6.77. The van der Waals surface area contributed by atoms with Gasteiger partial charge in [-0.1, -0.05) is 133 Å². The third-order valence-corrected chi connectivity index (χ3v) is 9.37. The molecular weight excluding hydrogens is 609 g/mol. The Morgan fingerprint density at radius 2 is 0.820 bits per heavy atom. The SMILES string of the molecule is c1ccc(-c2ccc(N(c3ccc(-c4ccccc4)cc3)c3ccc(-c4cccc(-c5cccc6c5oc5ncccc56)c4)cc3)cc2)cc1. The van der Waals surface area contributed by atoms with Gasteiger partial charge in [0.2, 0.25) is 5.71 Å². The van der Waals surface area contributed by atoms with Gasteiger partial charge >= 0.3 is 0 Å². The largest absolute Gasteiger partial charge is 0.437 e. The summed E-state index contributed by atoms with van der Waals surface area (Å²) in [6, 6.07) is 66.5. The standard InChI is InChI=1S/C47H32N2O/c1-3-10-33(11-4-1)35-19-25-40(26-20-35)49(41-27-21-36(22-28-41)34-12-5-2-6-13-34)42-29-23-37(24-30-42)38-14-7-15-39(32-38)43-16-8-17-44-45-18-9-31-48-47(45)50-46(43)44/h1-32H. The first-order valence-corrected chi connectivity index (χ1v) is 16.9. The van der Waals surface area contributed by atoms with Gasteiger partial charge in [-0.2, -0.15) is 0 Å². The molecule has 0 aliphatic carbocycles. The molecule has 0 amide bonds. The minimum absolute atomic E-state index is 0.663. The minimum atomic E-state index is 0.663. The van der Waals surface area contributed by atoms with Gasteiger partial charge in [-0.15, -0.1) is 0 Å². The van der Waals surface area contributed by atoms with E-state index in [1.54, 1.807) is 6.20 Å². The Balaban J connectivity index is 1.07. The summed E-state index contributed by atoms with van der Waals surface area (Å²) < 4.78 is 6.26. The van der Waals surface area contributed by atoms with Crippen molar-refractivity contribution in [3.05, 3.63) is 194 Å². The fourth-order valence-electron chi connectivity index (χ4n) is 6.84. The number of nitrogens with zero attached hydrogens (tertiary/aromatic N) is 2. The van der Waals surface area contributed by atoms with Crippen LogP contribution in [0.4, 0.5) is 17.1 Å². The number of benzene rings is 7. The van der Waals surface area contributed by atoms with E-state index in [9.17, 15) is 0 Å².